The Labute approximate surface area is 166 Å². The van der Waals surface area contributed by atoms with Crippen LogP contribution in [0.15, 0.2) is 42.5 Å². The molecule has 27 heavy (non-hydrogen) atoms. The molecular formula is C21H26N2O3S. The van der Waals surface area contributed by atoms with E-state index in [1.807, 2.05) is 49.4 Å². The first-order valence-electron chi connectivity index (χ1n) is 9.07. The van der Waals surface area contributed by atoms with Crippen molar-refractivity contribution >= 4 is 23.0 Å². The summed E-state index contributed by atoms with van der Waals surface area (Å²) in [5.41, 5.74) is 1.64. The monoisotopic (exact) mass is 386 g/mol. The highest BCUT2D eigenvalue weighted by atomic mass is 32.1. The number of thiocarbonyl (C=S) groups is 1. The molecule has 0 bridgehead atoms. The fourth-order valence-electron chi connectivity index (χ4n) is 3.24. The standard InChI is InChI=1S/C21H26N2O3S/c1-5-25-16-8-6-7-14(11-16)22-20(27)23-18-13-21(2,3)26-19-10-9-15(24-4)12-17(18)19/h6-12,18H,5,13H2,1-4H3,(H2,22,23,27)/t18-/m1/s1. The van der Waals surface area contributed by atoms with Gasteiger partial charge in [0.2, 0.25) is 0 Å². The summed E-state index contributed by atoms with van der Waals surface area (Å²) in [6.07, 6.45) is 0.786. The van der Waals surface area contributed by atoms with Crippen LogP contribution in [0.5, 0.6) is 17.2 Å². The topological polar surface area (TPSA) is 51.8 Å². The largest absolute Gasteiger partial charge is 0.497 e. The summed E-state index contributed by atoms with van der Waals surface area (Å²) < 4.78 is 17.0. The fourth-order valence-corrected chi connectivity index (χ4v) is 3.50. The third kappa shape index (κ3) is 4.83. The van der Waals surface area contributed by atoms with Crippen LogP contribution < -0.4 is 24.8 Å². The molecular weight excluding hydrogens is 360 g/mol. The van der Waals surface area contributed by atoms with Crippen LogP contribution in [-0.2, 0) is 0 Å². The van der Waals surface area contributed by atoms with E-state index in [-0.39, 0.29) is 11.6 Å². The van der Waals surface area contributed by atoms with Gasteiger partial charge in [-0.25, -0.2) is 0 Å². The maximum atomic E-state index is 6.12. The van der Waals surface area contributed by atoms with Crippen molar-refractivity contribution < 1.29 is 14.2 Å². The third-order valence-electron chi connectivity index (χ3n) is 4.38. The van der Waals surface area contributed by atoms with E-state index in [1.165, 1.54) is 0 Å². The molecule has 5 nitrogen and oxygen atoms in total. The average Bonchev–Trinajstić information content (AvgIpc) is 2.61. The highest BCUT2D eigenvalue weighted by molar-refractivity contribution is 7.80. The van der Waals surface area contributed by atoms with E-state index in [0.29, 0.717) is 11.7 Å². The predicted octanol–water partition coefficient (Wildman–Crippen LogP) is 4.68. The first-order valence-corrected chi connectivity index (χ1v) is 9.48. The minimum Gasteiger partial charge on any atom is -0.497 e. The van der Waals surface area contributed by atoms with Gasteiger partial charge < -0.3 is 24.8 Å². The second kappa shape index (κ2) is 8.05. The molecule has 0 spiro atoms. The van der Waals surface area contributed by atoms with Gasteiger partial charge in [-0.2, -0.15) is 0 Å². The molecule has 0 radical (unpaired) electrons. The van der Waals surface area contributed by atoms with Gasteiger partial charge in [0, 0.05) is 23.7 Å². The van der Waals surface area contributed by atoms with Crippen molar-refractivity contribution in [3.05, 3.63) is 48.0 Å². The number of methoxy groups -OCH3 is 1. The van der Waals surface area contributed by atoms with Crippen LogP contribution in [0.4, 0.5) is 5.69 Å². The van der Waals surface area contributed by atoms with Crippen LogP contribution in [-0.4, -0.2) is 24.4 Å². The Morgan fingerprint density at radius 1 is 1.22 bits per heavy atom. The van der Waals surface area contributed by atoms with Gasteiger partial charge in [-0.3, -0.25) is 0 Å². The molecule has 1 aliphatic rings. The first-order chi connectivity index (χ1) is 12.9. The maximum absolute atomic E-state index is 6.12. The van der Waals surface area contributed by atoms with Gasteiger partial charge in [0.25, 0.3) is 0 Å². The zero-order valence-electron chi connectivity index (χ0n) is 16.2. The zero-order valence-corrected chi connectivity index (χ0v) is 17.0. The number of rotatable bonds is 5. The number of benzene rings is 2. The summed E-state index contributed by atoms with van der Waals surface area (Å²) in [5, 5.41) is 7.22. The van der Waals surface area contributed by atoms with Crippen molar-refractivity contribution in [2.24, 2.45) is 0 Å². The highest BCUT2D eigenvalue weighted by Gasteiger charge is 2.34. The number of anilines is 1. The van der Waals surface area contributed by atoms with Crippen LogP contribution in [0.25, 0.3) is 0 Å². The van der Waals surface area contributed by atoms with Crippen molar-refractivity contribution in [2.45, 2.75) is 38.8 Å². The van der Waals surface area contributed by atoms with Gasteiger partial charge in [-0.15, -0.1) is 0 Å². The van der Waals surface area contributed by atoms with Crippen LogP contribution in [0.3, 0.4) is 0 Å². The number of hydrogen-bond acceptors (Lipinski definition) is 4. The summed E-state index contributed by atoms with van der Waals surface area (Å²) in [5.74, 6) is 2.46. The molecule has 6 heteroatoms. The summed E-state index contributed by atoms with van der Waals surface area (Å²) in [4.78, 5) is 0. The normalized spacial score (nSPS) is 17.3. The molecule has 1 heterocycles. The molecule has 0 fully saturated rings. The number of hydrogen-bond donors (Lipinski definition) is 2. The van der Waals surface area contributed by atoms with Gasteiger partial charge in [-0.05, 0) is 63.3 Å². The van der Waals surface area contributed by atoms with Gasteiger partial charge in [0.15, 0.2) is 5.11 Å². The molecule has 0 aromatic heterocycles. The SMILES string of the molecule is CCOc1cccc(NC(=S)N[C@@H]2CC(C)(C)Oc3ccc(OC)cc32)c1. The molecule has 2 aromatic carbocycles. The second-order valence-corrected chi connectivity index (χ2v) is 7.49. The van der Waals surface area contributed by atoms with E-state index in [1.54, 1.807) is 7.11 Å². The van der Waals surface area contributed by atoms with E-state index in [4.69, 9.17) is 26.4 Å². The van der Waals surface area contributed by atoms with Crippen molar-refractivity contribution in [3.63, 3.8) is 0 Å². The van der Waals surface area contributed by atoms with Crippen LogP contribution >= 0.6 is 12.2 Å². The number of fused-ring (bicyclic) bond motifs is 1. The number of nitrogens with one attached hydrogen (secondary N) is 2. The third-order valence-corrected chi connectivity index (χ3v) is 4.60. The number of ether oxygens (including phenoxy) is 3. The van der Waals surface area contributed by atoms with Crippen LogP contribution in [0.2, 0.25) is 0 Å². The molecule has 0 saturated heterocycles. The Hall–Kier alpha value is -2.47. The predicted molar refractivity (Wildman–Crippen MR) is 112 cm³/mol. The Morgan fingerprint density at radius 3 is 2.78 bits per heavy atom. The Morgan fingerprint density at radius 2 is 2.04 bits per heavy atom. The second-order valence-electron chi connectivity index (χ2n) is 7.08. The Bertz CT molecular complexity index is 823. The molecule has 3 rings (SSSR count). The first kappa shape index (κ1) is 19.3. The van der Waals surface area contributed by atoms with Gasteiger partial charge in [0.05, 0.1) is 19.8 Å². The lowest BCUT2D eigenvalue weighted by atomic mass is 9.89. The molecule has 0 saturated carbocycles. The Kier molecular flexibility index (Phi) is 5.75. The van der Waals surface area contributed by atoms with Crippen molar-refractivity contribution in [3.8, 4) is 17.2 Å². The molecule has 2 N–H and O–H groups in total. The van der Waals surface area contributed by atoms with Crippen LogP contribution in [0, 0.1) is 0 Å². The van der Waals surface area contributed by atoms with Gasteiger partial charge in [0.1, 0.15) is 22.8 Å². The lowest BCUT2D eigenvalue weighted by molar-refractivity contribution is 0.0695. The zero-order chi connectivity index (χ0) is 19.4. The summed E-state index contributed by atoms with van der Waals surface area (Å²) >= 11 is 5.55. The van der Waals surface area contributed by atoms with Crippen molar-refractivity contribution in [1.82, 2.24) is 5.32 Å². The van der Waals surface area contributed by atoms with Crippen molar-refractivity contribution in [2.75, 3.05) is 19.0 Å². The quantitative estimate of drug-likeness (QED) is 0.728. The molecule has 1 aliphatic heterocycles. The summed E-state index contributed by atoms with van der Waals surface area (Å²) in [6, 6.07) is 13.6. The van der Waals surface area contributed by atoms with E-state index >= 15 is 0 Å². The van der Waals surface area contributed by atoms with E-state index in [2.05, 4.69) is 24.5 Å². The van der Waals surface area contributed by atoms with Gasteiger partial charge >= 0.3 is 0 Å². The molecule has 0 aliphatic carbocycles. The van der Waals surface area contributed by atoms with Crippen molar-refractivity contribution in [1.29, 1.82) is 0 Å². The molecule has 0 amide bonds. The fraction of sp³-hybridized carbons (Fsp3) is 0.381. The lowest BCUT2D eigenvalue weighted by Gasteiger charge is -2.38. The summed E-state index contributed by atoms with van der Waals surface area (Å²) in [7, 11) is 1.66. The minimum absolute atomic E-state index is 0.0222. The molecule has 144 valence electrons. The minimum atomic E-state index is -0.288. The smallest absolute Gasteiger partial charge is 0.171 e. The molecule has 2 aromatic rings. The van der Waals surface area contributed by atoms with E-state index < -0.39 is 0 Å². The van der Waals surface area contributed by atoms with E-state index in [0.717, 1.165) is 34.9 Å². The molecule has 0 unspecified atom stereocenters. The lowest BCUT2D eigenvalue weighted by Crippen LogP contribution is -2.42. The summed E-state index contributed by atoms with van der Waals surface area (Å²) in [6.45, 7) is 6.75. The van der Waals surface area contributed by atoms with Crippen LogP contribution in [0.1, 0.15) is 38.8 Å². The van der Waals surface area contributed by atoms with E-state index in [9.17, 15) is 0 Å². The Balaban J connectivity index is 1.76. The average molecular weight is 387 g/mol. The molecule has 1 atom stereocenters. The van der Waals surface area contributed by atoms with Gasteiger partial charge in [-0.1, -0.05) is 6.07 Å². The maximum Gasteiger partial charge on any atom is 0.171 e. The highest BCUT2D eigenvalue weighted by Crippen LogP contribution is 2.41.